The molecule has 4 nitrogen and oxygen atoms in total. The number of aliphatic hydroxyl groups is 1. The highest BCUT2D eigenvalue weighted by atomic mass is 79.9. The standard InChI is InChI=1S/C14H15BrF2O4/c15-9-5-10(16)12(17)11(6-9)21-7-14(20)3-1-8(2-4-14)13(18)19/h5-6,8,20H,1-4,7H2,(H,18,19). The molecule has 1 aromatic rings. The van der Waals surface area contributed by atoms with Crippen LogP contribution in [-0.4, -0.2) is 28.4 Å². The van der Waals surface area contributed by atoms with Gasteiger partial charge in [0, 0.05) is 4.47 Å². The SMILES string of the molecule is O=C(O)C1CCC(O)(COc2cc(Br)cc(F)c2F)CC1. The first-order valence-electron chi connectivity index (χ1n) is 6.53. The molecule has 1 fully saturated rings. The summed E-state index contributed by atoms with van der Waals surface area (Å²) < 4.78 is 32.3. The Labute approximate surface area is 128 Å². The van der Waals surface area contributed by atoms with Gasteiger partial charge in [0.2, 0.25) is 5.82 Å². The Bertz CT molecular complexity index is 542. The molecule has 2 rings (SSSR count). The van der Waals surface area contributed by atoms with Crippen LogP contribution in [0.2, 0.25) is 0 Å². The normalized spacial score (nSPS) is 25.6. The minimum absolute atomic E-state index is 0.202. The summed E-state index contributed by atoms with van der Waals surface area (Å²) in [4.78, 5) is 10.9. The fourth-order valence-corrected chi connectivity index (χ4v) is 2.80. The van der Waals surface area contributed by atoms with E-state index in [2.05, 4.69) is 15.9 Å². The minimum Gasteiger partial charge on any atom is -0.487 e. The average Bonchev–Trinajstić information content (AvgIpc) is 2.42. The molecule has 2 N–H and O–H groups in total. The van der Waals surface area contributed by atoms with E-state index in [1.165, 1.54) is 6.07 Å². The number of ether oxygens (including phenoxy) is 1. The third-order valence-electron chi connectivity index (χ3n) is 3.72. The Balaban J connectivity index is 1.99. The number of aliphatic carboxylic acids is 1. The maximum Gasteiger partial charge on any atom is 0.306 e. The second-order valence-corrected chi connectivity index (χ2v) is 6.24. The van der Waals surface area contributed by atoms with E-state index in [-0.39, 0.29) is 25.2 Å². The molecule has 0 saturated heterocycles. The van der Waals surface area contributed by atoms with E-state index in [4.69, 9.17) is 9.84 Å². The van der Waals surface area contributed by atoms with Crippen molar-refractivity contribution in [1.29, 1.82) is 0 Å². The lowest BCUT2D eigenvalue weighted by molar-refractivity contribution is -0.145. The van der Waals surface area contributed by atoms with Gasteiger partial charge < -0.3 is 14.9 Å². The average molecular weight is 365 g/mol. The van der Waals surface area contributed by atoms with Crippen LogP contribution in [0.15, 0.2) is 16.6 Å². The zero-order valence-electron chi connectivity index (χ0n) is 11.1. The van der Waals surface area contributed by atoms with Crippen molar-refractivity contribution < 1.29 is 28.5 Å². The van der Waals surface area contributed by atoms with Gasteiger partial charge in [-0.2, -0.15) is 4.39 Å². The van der Waals surface area contributed by atoms with Crippen molar-refractivity contribution in [2.45, 2.75) is 31.3 Å². The second kappa shape index (κ2) is 6.27. The molecule has 0 aromatic heterocycles. The van der Waals surface area contributed by atoms with Gasteiger partial charge in [-0.15, -0.1) is 0 Å². The van der Waals surface area contributed by atoms with Crippen molar-refractivity contribution in [1.82, 2.24) is 0 Å². The van der Waals surface area contributed by atoms with E-state index >= 15 is 0 Å². The van der Waals surface area contributed by atoms with E-state index in [1.807, 2.05) is 0 Å². The molecule has 1 aromatic carbocycles. The molecule has 1 aliphatic carbocycles. The van der Waals surface area contributed by atoms with Crippen LogP contribution in [-0.2, 0) is 4.79 Å². The Kier molecular flexibility index (Phi) is 4.83. The summed E-state index contributed by atoms with van der Waals surface area (Å²) in [7, 11) is 0. The highest BCUT2D eigenvalue weighted by Crippen LogP contribution is 2.33. The van der Waals surface area contributed by atoms with Crippen LogP contribution in [0.1, 0.15) is 25.7 Å². The fraction of sp³-hybridized carbons (Fsp3) is 0.500. The highest BCUT2D eigenvalue weighted by molar-refractivity contribution is 9.10. The summed E-state index contributed by atoms with van der Waals surface area (Å²) in [5.41, 5.74) is -1.21. The molecule has 0 radical (unpaired) electrons. The number of rotatable bonds is 4. The van der Waals surface area contributed by atoms with Crippen molar-refractivity contribution >= 4 is 21.9 Å². The molecule has 116 valence electrons. The van der Waals surface area contributed by atoms with Gasteiger partial charge in [0.1, 0.15) is 6.61 Å². The van der Waals surface area contributed by atoms with Gasteiger partial charge in [-0.05, 0) is 37.8 Å². The molecule has 0 unspecified atom stereocenters. The zero-order valence-corrected chi connectivity index (χ0v) is 12.7. The van der Waals surface area contributed by atoms with Crippen LogP contribution >= 0.6 is 15.9 Å². The van der Waals surface area contributed by atoms with Gasteiger partial charge in [-0.3, -0.25) is 4.79 Å². The van der Waals surface area contributed by atoms with Crippen LogP contribution in [0.3, 0.4) is 0 Å². The van der Waals surface area contributed by atoms with Gasteiger partial charge in [-0.1, -0.05) is 15.9 Å². The summed E-state index contributed by atoms with van der Waals surface area (Å²) in [6, 6.07) is 2.26. The number of carbonyl (C=O) groups is 1. The molecule has 21 heavy (non-hydrogen) atoms. The number of halogens is 3. The van der Waals surface area contributed by atoms with Gasteiger partial charge in [0.15, 0.2) is 11.6 Å². The first-order valence-corrected chi connectivity index (χ1v) is 7.32. The van der Waals surface area contributed by atoms with Crippen LogP contribution in [0.4, 0.5) is 8.78 Å². The lowest BCUT2D eigenvalue weighted by Crippen LogP contribution is -2.41. The van der Waals surface area contributed by atoms with E-state index < -0.39 is 29.1 Å². The number of benzene rings is 1. The summed E-state index contributed by atoms with van der Waals surface area (Å²) >= 11 is 3.04. The van der Waals surface area contributed by atoms with Crippen molar-refractivity contribution in [2.24, 2.45) is 5.92 Å². The lowest BCUT2D eigenvalue weighted by Gasteiger charge is -2.34. The molecule has 1 aliphatic rings. The number of carboxylic acids is 1. The van der Waals surface area contributed by atoms with Crippen molar-refractivity contribution in [3.05, 3.63) is 28.2 Å². The van der Waals surface area contributed by atoms with Crippen LogP contribution < -0.4 is 4.74 Å². The van der Waals surface area contributed by atoms with E-state index in [1.54, 1.807) is 0 Å². The summed E-state index contributed by atoms with van der Waals surface area (Å²) in [6.07, 6.45) is 1.18. The van der Waals surface area contributed by atoms with Gasteiger partial charge in [0.05, 0.1) is 11.5 Å². The molecular formula is C14H15BrF2O4. The number of carboxylic acid groups (broad SMARTS) is 1. The lowest BCUT2D eigenvalue weighted by atomic mass is 9.79. The van der Waals surface area contributed by atoms with E-state index in [0.29, 0.717) is 17.3 Å². The maximum atomic E-state index is 13.5. The number of hydrogen-bond acceptors (Lipinski definition) is 3. The molecule has 0 atom stereocenters. The molecule has 0 heterocycles. The Morgan fingerprint density at radius 3 is 2.57 bits per heavy atom. The predicted molar refractivity (Wildman–Crippen MR) is 74.1 cm³/mol. The second-order valence-electron chi connectivity index (χ2n) is 5.33. The Hall–Kier alpha value is -1.21. The quantitative estimate of drug-likeness (QED) is 0.805. The third-order valence-corrected chi connectivity index (χ3v) is 4.18. The molecule has 1 saturated carbocycles. The van der Waals surface area contributed by atoms with Crippen molar-refractivity contribution in [2.75, 3.05) is 6.61 Å². The Morgan fingerprint density at radius 2 is 2.00 bits per heavy atom. The minimum atomic E-state index is -1.21. The molecule has 0 aliphatic heterocycles. The first kappa shape index (κ1) is 16.2. The summed E-state index contributed by atoms with van der Waals surface area (Å²) in [5, 5.41) is 19.2. The third kappa shape index (κ3) is 3.91. The fourth-order valence-electron chi connectivity index (χ4n) is 2.40. The Morgan fingerprint density at radius 1 is 1.38 bits per heavy atom. The maximum absolute atomic E-state index is 13.5. The first-order chi connectivity index (χ1) is 9.81. The van der Waals surface area contributed by atoms with Crippen molar-refractivity contribution in [3.8, 4) is 5.75 Å². The monoisotopic (exact) mass is 364 g/mol. The summed E-state index contributed by atoms with van der Waals surface area (Å²) in [5.74, 6) is -3.78. The van der Waals surface area contributed by atoms with Crippen molar-refractivity contribution in [3.63, 3.8) is 0 Å². The van der Waals surface area contributed by atoms with Crippen LogP contribution in [0.5, 0.6) is 5.75 Å². The zero-order chi connectivity index (χ0) is 15.6. The molecular weight excluding hydrogens is 350 g/mol. The van der Waals surface area contributed by atoms with Gasteiger partial charge in [0.25, 0.3) is 0 Å². The van der Waals surface area contributed by atoms with E-state index in [9.17, 15) is 18.7 Å². The highest BCUT2D eigenvalue weighted by Gasteiger charge is 2.36. The van der Waals surface area contributed by atoms with Crippen LogP contribution in [0.25, 0.3) is 0 Å². The van der Waals surface area contributed by atoms with Gasteiger partial charge >= 0.3 is 5.97 Å². The number of hydrogen-bond donors (Lipinski definition) is 2. The van der Waals surface area contributed by atoms with E-state index in [0.717, 1.165) is 6.07 Å². The predicted octanol–water partition coefficient (Wildman–Crippen LogP) is 3.11. The smallest absolute Gasteiger partial charge is 0.306 e. The topological polar surface area (TPSA) is 66.8 Å². The molecule has 0 amide bonds. The molecule has 0 spiro atoms. The largest absolute Gasteiger partial charge is 0.487 e. The van der Waals surface area contributed by atoms with Gasteiger partial charge in [-0.25, -0.2) is 4.39 Å². The molecule has 7 heteroatoms. The van der Waals surface area contributed by atoms with Crippen LogP contribution in [0, 0.1) is 17.6 Å². The molecule has 0 bridgehead atoms. The summed E-state index contributed by atoms with van der Waals surface area (Å²) in [6.45, 7) is -0.202.